The Morgan fingerprint density at radius 1 is 1.33 bits per heavy atom. The summed E-state index contributed by atoms with van der Waals surface area (Å²) in [5, 5.41) is 12.3. The van der Waals surface area contributed by atoms with Crippen molar-refractivity contribution in [3.05, 3.63) is 48.0 Å². The van der Waals surface area contributed by atoms with Crippen LogP contribution in [0, 0.1) is 0 Å². The second-order valence-electron chi connectivity index (χ2n) is 4.58. The molecule has 0 aromatic heterocycles. The van der Waals surface area contributed by atoms with Crippen molar-refractivity contribution in [2.45, 2.75) is 31.8 Å². The smallest absolute Gasteiger partial charge is 0.111 e. The summed E-state index contributed by atoms with van der Waals surface area (Å²) in [5.41, 5.74) is 2.84. The third kappa shape index (κ3) is 3.20. The summed E-state index contributed by atoms with van der Waals surface area (Å²) < 4.78 is 5.64. The van der Waals surface area contributed by atoms with Gasteiger partial charge >= 0.3 is 0 Å². The lowest BCUT2D eigenvalue weighted by Gasteiger charge is -2.25. The van der Waals surface area contributed by atoms with Crippen LogP contribution in [-0.4, -0.2) is 23.6 Å². The minimum Gasteiger partial charge on any atom is -0.411 e. The van der Waals surface area contributed by atoms with Gasteiger partial charge < -0.3 is 9.94 Å². The summed E-state index contributed by atoms with van der Waals surface area (Å²) in [6.07, 6.45) is 3.56. The third-order valence-corrected chi connectivity index (χ3v) is 3.27. The SMILES string of the molecule is C=C1CCOC(CCCc2ccccc2)/C1=N/O. The van der Waals surface area contributed by atoms with Crippen molar-refractivity contribution in [3.8, 4) is 0 Å². The lowest BCUT2D eigenvalue weighted by molar-refractivity contribution is 0.0814. The van der Waals surface area contributed by atoms with Gasteiger partial charge in [0.05, 0.1) is 6.61 Å². The summed E-state index contributed by atoms with van der Waals surface area (Å²) >= 11 is 0. The van der Waals surface area contributed by atoms with E-state index >= 15 is 0 Å². The summed E-state index contributed by atoms with van der Waals surface area (Å²) in [4.78, 5) is 0. The molecule has 1 aliphatic heterocycles. The number of hydrogen-bond donors (Lipinski definition) is 1. The molecule has 1 fully saturated rings. The van der Waals surface area contributed by atoms with Gasteiger partial charge in [0.25, 0.3) is 0 Å². The van der Waals surface area contributed by atoms with Crippen molar-refractivity contribution >= 4 is 5.71 Å². The molecule has 0 radical (unpaired) electrons. The number of hydrogen-bond acceptors (Lipinski definition) is 3. The summed E-state index contributed by atoms with van der Waals surface area (Å²) in [5.74, 6) is 0. The first kappa shape index (κ1) is 12.8. The molecular formula is C15H19NO2. The Kier molecular flexibility index (Phi) is 4.53. The quantitative estimate of drug-likeness (QED) is 0.654. The average molecular weight is 245 g/mol. The predicted octanol–water partition coefficient (Wildman–Crippen LogP) is 3.18. The summed E-state index contributed by atoms with van der Waals surface area (Å²) in [6.45, 7) is 4.59. The second kappa shape index (κ2) is 6.36. The van der Waals surface area contributed by atoms with Crippen molar-refractivity contribution in [2.75, 3.05) is 6.61 Å². The molecular weight excluding hydrogens is 226 g/mol. The van der Waals surface area contributed by atoms with E-state index in [2.05, 4.69) is 36.0 Å². The highest BCUT2D eigenvalue weighted by Gasteiger charge is 2.24. The van der Waals surface area contributed by atoms with E-state index in [0.717, 1.165) is 31.3 Å². The van der Waals surface area contributed by atoms with Crippen LogP contribution < -0.4 is 0 Å². The lowest BCUT2D eigenvalue weighted by Crippen LogP contribution is -2.31. The van der Waals surface area contributed by atoms with Gasteiger partial charge in [0.15, 0.2) is 0 Å². The van der Waals surface area contributed by atoms with Gasteiger partial charge in [-0.15, -0.1) is 0 Å². The molecule has 1 unspecified atom stereocenters. The first-order valence-electron chi connectivity index (χ1n) is 6.37. The Balaban J connectivity index is 1.84. The predicted molar refractivity (Wildman–Crippen MR) is 72.1 cm³/mol. The maximum atomic E-state index is 9.00. The largest absolute Gasteiger partial charge is 0.411 e. The minimum atomic E-state index is -0.0973. The Morgan fingerprint density at radius 3 is 2.83 bits per heavy atom. The molecule has 0 bridgehead atoms. The number of oxime groups is 1. The van der Waals surface area contributed by atoms with E-state index < -0.39 is 0 Å². The van der Waals surface area contributed by atoms with E-state index in [9.17, 15) is 0 Å². The van der Waals surface area contributed by atoms with Crippen LogP contribution in [0.5, 0.6) is 0 Å². The highest BCUT2D eigenvalue weighted by atomic mass is 16.5. The molecule has 18 heavy (non-hydrogen) atoms. The number of aryl methyl sites for hydroxylation is 1. The fourth-order valence-corrected chi connectivity index (χ4v) is 2.25. The van der Waals surface area contributed by atoms with Crippen LogP contribution in [-0.2, 0) is 11.2 Å². The third-order valence-electron chi connectivity index (χ3n) is 3.27. The highest BCUT2D eigenvalue weighted by molar-refractivity contribution is 6.03. The first-order valence-corrected chi connectivity index (χ1v) is 6.37. The molecule has 3 heteroatoms. The van der Waals surface area contributed by atoms with Gasteiger partial charge in [-0.2, -0.15) is 0 Å². The van der Waals surface area contributed by atoms with Crippen LogP contribution in [0.25, 0.3) is 0 Å². The standard InChI is InChI=1S/C15H19NO2/c1-12-10-11-18-14(15(12)16-17)9-5-8-13-6-3-2-4-7-13/h2-4,6-7,14,17H,1,5,8-11H2/b16-15+. The van der Waals surface area contributed by atoms with Gasteiger partial charge in [0.1, 0.15) is 11.8 Å². The van der Waals surface area contributed by atoms with Gasteiger partial charge in [-0.05, 0) is 36.8 Å². The zero-order chi connectivity index (χ0) is 12.8. The Labute approximate surface area is 108 Å². The molecule has 0 spiro atoms. The van der Waals surface area contributed by atoms with Gasteiger partial charge in [0.2, 0.25) is 0 Å². The van der Waals surface area contributed by atoms with Gasteiger partial charge in [-0.1, -0.05) is 42.1 Å². The molecule has 1 N–H and O–H groups in total. The maximum Gasteiger partial charge on any atom is 0.111 e. The Bertz CT molecular complexity index is 425. The van der Waals surface area contributed by atoms with E-state index in [1.165, 1.54) is 5.56 Å². The molecule has 0 amide bonds. The van der Waals surface area contributed by atoms with E-state index in [0.29, 0.717) is 12.3 Å². The molecule has 1 heterocycles. The topological polar surface area (TPSA) is 41.8 Å². The number of nitrogens with zero attached hydrogens (tertiary/aromatic N) is 1. The number of benzene rings is 1. The molecule has 0 aliphatic carbocycles. The maximum absolute atomic E-state index is 9.00. The van der Waals surface area contributed by atoms with E-state index in [-0.39, 0.29) is 6.10 Å². The van der Waals surface area contributed by atoms with Gasteiger partial charge in [-0.25, -0.2) is 0 Å². The molecule has 2 rings (SSSR count). The van der Waals surface area contributed by atoms with Gasteiger partial charge in [0, 0.05) is 0 Å². The highest BCUT2D eigenvalue weighted by Crippen LogP contribution is 2.20. The molecule has 1 atom stereocenters. The van der Waals surface area contributed by atoms with Crippen LogP contribution in [0.4, 0.5) is 0 Å². The van der Waals surface area contributed by atoms with Crippen LogP contribution in [0.3, 0.4) is 0 Å². The van der Waals surface area contributed by atoms with E-state index in [1.807, 2.05) is 6.07 Å². The van der Waals surface area contributed by atoms with Crippen LogP contribution in [0.15, 0.2) is 47.6 Å². The monoisotopic (exact) mass is 245 g/mol. The summed E-state index contributed by atoms with van der Waals surface area (Å²) in [6, 6.07) is 10.4. The molecule has 3 nitrogen and oxygen atoms in total. The van der Waals surface area contributed by atoms with Crippen molar-refractivity contribution in [3.63, 3.8) is 0 Å². The second-order valence-corrected chi connectivity index (χ2v) is 4.58. The average Bonchev–Trinajstić information content (AvgIpc) is 2.40. The van der Waals surface area contributed by atoms with Crippen molar-refractivity contribution in [1.29, 1.82) is 0 Å². The lowest BCUT2D eigenvalue weighted by atomic mass is 9.96. The zero-order valence-electron chi connectivity index (χ0n) is 10.5. The van der Waals surface area contributed by atoms with Crippen molar-refractivity contribution in [2.24, 2.45) is 5.16 Å². The number of rotatable bonds is 4. The molecule has 96 valence electrons. The van der Waals surface area contributed by atoms with Crippen molar-refractivity contribution in [1.82, 2.24) is 0 Å². The normalized spacial score (nSPS) is 22.3. The number of ether oxygens (including phenoxy) is 1. The zero-order valence-corrected chi connectivity index (χ0v) is 10.5. The fourth-order valence-electron chi connectivity index (χ4n) is 2.25. The van der Waals surface area contributed by atoms with Crippen LogP contribution in [0.2, 0.25) is 0 Å². The molecule has 1 aromatic carbocycles. The Morgan fingerprint density at radius 2 is 2.11 bits per heavy atom. The molecule has 1 aliphatic rings. The minimum absolute atomic E-state index is 0.0973. The molecule has 1 saturated heterocycles. The van der Waals surface area contributed by atoms with E-state index in [1.54, 1.807) is 0 Å². The summed E-state index contributed by atoms with van der Waals surface area (Å²) in [7, 11) is 0. The first-order chi connectivity index (χ1) is 8.81. The molecule has 1 aromatic rings. The Hall–Kier alpha value is -1.61. The van der Waals surface area contributed by atoms with Crippen molar-refractivity contribution < 1.29 is 9.94 Å². The van der Waals surface area contributed by atoms with Crippen LogP contribution in [0.1, 0.15) is 24.8 Å². The van der Waals surface area contributed by atoms with Gasteiger partial charge in [-0.3, -0.25) is 0 Å². The fraction of sp³-hybridized carbons (Fsp3) is 0.400. The van der Waals surface area contributed by atoms with Crippen LogP contribution >= 0.6 is 0 Å². The van der Waals surface area contributed by atoms with E-state index in [4.69, 9.17) is 9.94 Å². The molecule has 0 saturated carbocycles.